The van der Waals surface area contributed by atoms with Crippen molar-refractivity contribution in [1.82, 2.24) is 0 Å². The lowest BCUT2D eigenvalue weighted by Gasteiger charge is -2.18. The number of carbonyl (C=O) groups is 1. The van der Waals surface area contributed by atoms with Crippen molar-refractivity contribution in [3.05, 3.63) is 47.0 Å². The molecular weight excluding hydrogens is 296 g/mol. The van der Waals surface area contributed by atoms with Gasteiger partial charge in [0.2, 0.25) is 0 Å². The fourth-order valence-corrected chi connectivity index (χ4v) is 2.35. The van der Waals surface area contributed by atoms with Crippen LogP contribution in [0.2, 0.25) is 0 Å². The van der Waals surface area contributed by atoms with Gasteiger partial charge in [-0.05, 0) is 35.4 Å². The van der Waals surface area contributed by atoms with Crippen molar-refractivity contribution in [2.24, 2.45) is 0 Å². The second-order valence-corrected chi connectivity index (χ2v) is 5.02. The number of aromatic hydroxyl groups is 1. The molecule has 1 aliphatic heterocycles. The Morgan fingerprint density at radius 3 is 2.52 bits per heavy atom. The molecule has 0 aliphatic carbocycles. The van der Waals surface area contributed by atoms with Gasteiger partial charge in [0.05, 0.1) is 12.7 Å². The quantitative estimate of drug-likeness (QED) is 0.694. The third-order valence-corrected chi connectivity index (χ3v) is 3.51. The van der Waals surface area contributed by atoms with Gasteiger partial charge >= 0.3 is 0 Å². The zero-order valence-electron chi connectivity index (χ0n) is 12.6. The van der Waals surface area contributed by atoms with Gasteiger partial charge < -0.3 is 19.3 Å². The summed E-state index contributed by atoms with van der Waals surface area (Å²) in [7, 11) is 1.44. The summed E-state index contributed by atoms with van der Waals surface area (Å²) in [5.74, 6) is 1.56. The van der Waals surface area contributed by atoms with Crippen LogP contribution < -0.4 is 14.2 Å². The van der Waals surface area contributed by atoms with Gasteiger partial charge in [-0.25, -0.2) is 0 Å². The van der Waals surface area contributed by atoms with Crippen molar-refractivity contribution in [1.29, 1.82) is 0 Å². The van der Waals surface area contributed by atoms with Gasteiger partial charge in [0.15, 0.2) is 29.3 Å². The summed E-state index contributed by atoms with van der Waals surface area (Å²) in [6, 6.07) is 8.93. The summed E-state index contributed by atoms with van der Waals surface area (Å²) in [4.78, 5) is 11.0. The van der Waals surface area contributed by atoms with Crippen molar-refractivity contribution >= 4 is 18.4 Å². The van der Waals surface area contributed by atoms with E-state index in [9.17, 15) is 9.90 Å². The summed E-state index contributed by atoms with van der Waals surface area (Å²) < 4.78 is 16.1. The number of rotatable bonds is 4. The number of benzene rings is 2. The molecule has 0 fully saturated rings. The van der Waals surface area contributed by atoms with E-state index in [0.29, 0.717) is 19.5 Å². The van der Waals surface area contributed by atoms with Crippen molar-refractivity contribution < 1.29 is 24.1 Å². The molecule has 2 aromatic rings. The van der Waals surface area contributed by atoms with Crippen LogP contribution in [0, 0.1) is 0 Å². The Balaban J connectivity index is 1.89. The van der Waals surface area contributed by atoms with Gasteiger partial charge in [0.25, 0.3) is 0 Å². The molecule has 0 bridgehead atoms. The Hall–Kier alpha value is -2.95. The molecule has 5 heteroatoms. The lowest BCUT2D eigenvalue weighted by Crippen LogP contribution is -2.15. The lowest BCUT2D eigenvalue weighted by atomic mass is 10.1. The first-order chi connectivity index (χ1) is 11.2. The third-order valence-electron chi connectivity index (χ3n) is 3.51. The molecule has 23 heavy (non-hydrogen) atoms. The molecule has 0 saturated heterocycles. The predicted molar refractivity (Wildman–Crippen MR) is 86.4 cm³/mol. The first-order valence-corrected chi connectivity index (χ1v) is 7.15. The molecule has 5 nitrogen and oxygen atoms in total. The third kappa shape index (κ3) is 3.13. The Labute approximate surface area is 133 Å². The molecule has 118 valence electrons. The van der Waals surface area contributed by atoms with E-state index in [1.54, 1.807) is 12.1 Å². The van der Waals surface area contributed by atoms with Crippen LogP contribution in [0.15, 0.2) is 30.3 Å². The largest absolute Gasteiger partial charge is 0.504 e. The first-order valence-electron chi connectivity index (χ1n) is 7.15. The number of hydrogen-bond donors (Lipinski definition) is 1. The molecular formula is C18H16O5. The van der Waals surface area contributed by atoms with E-state index in [4.69, 9.17) is 14.2 Å². The van der Waals surface area contributed by atoms with Crippen LogP contribution in [0.3, 0.4) is 0 Å². The molecule has 0 aromatic heterocycles. The second kappa shape index (κ2) is 6.44. The molecule has 1 aliphatic rings. The molecule has 0 atom stereocenters. The van der Waals surface area contributed by atoms with Crippen LogP contribution in [0.4, 0.5) is 0 Å². The topological polar surface area (TPSA) is 65.0 Å². The van der Waals surface area contributed by atoms with E-state index in [2.05, 4.69) is 0 Å². The van der Waals surface area contributed by atoms with E-state index >= 15 is 0 Å². The van der Waals surface area contributed by atoms with Gasteiger partial charge in [0.1, 0.15) is 13.2 Å². The first kappa shape index (κ1) is 15.0. The molecule has 1 heterocycles. The number of carbonyl (C=O) groups excluding carboxylic acids is 1. The molecule has 0 spiro atoms. The summed E-state index contributed by atoms with van der Waals surface area (Å²) in [5, 5.41) is 9.82. The average Bonchev–Trinajstić information content (AvgIpc) is 2.60. The smallest absolute Gasteiger partial charge is 0.168 e. The van der Waals surface area contributed by atoms with E-state index < -0.39 is 0 Å². The molecule has 1 N–H and O–H groups in total. The van der Waals surface area contributed by atoms with Crippen LogP contribution >= 0.6 is 0 Å². The predicted octanol–water partition coefficient (Wildman–Crippen LogP) is 3.15. The Bertz CT molecular complexity index is 764. The van der Waals surface area contributed by atoms with Crippen LogP contribution in [0.5, 0.6) is 23.0 Å². The van der Waals surface area contributed by atoms with E-state index in [0.717, 1.165) is 22.6 Å². The highest BCUT2D eigenvalue weighted by Crippen LogP contribution is 2.33. The number of aldehydes is 1. The molecule has 0 radical (unpaired) electrons. The average molecular weight is 312 g/mol. The van der Waals surface area contributed by atoms with Gasteiger partial charge in [-0.2, -0.15) is 0 Å². The summed E-state index contributed by atoms with van der Waals surface area (Å²) >= 11 is 0. The highest BCUT2D eigenvalue weighted by molar-refractivity contribution is 5.84. The van der Waals surface area contributed by atoms with E-state index in [1.165, 1.54) is 7.11 Å². The number of fused-ring (bicyclic) bond motifs is 1. The fraction of sp³-hybridized carbons (Fsp3) is 0.167. The SMILES string of the molecule is COc1cc(C=Cc2ccc3c(c2)OCCO3)cc(C=O)c1O. The van der Waals surface area contributed by atoms with Crippen molar-refractivity contribution in [2.45, 2.75) is 0 Å². The van der Waals surface area contributed by atoms with Crippen LogP contribution in [0.25, 0.3) is 12.2 Å². The maximum absolute atomic E-state index is 11.0. The number of phenolic OH excluding ortho intramolecular Hbond substituents is 1. The Kier molecular flexibility index (Phi) is 4.19. The van der Waals surface area contributed by atoms with Gasteiger partial charge in [0, 0.05) is 0 Å². The Morgan fingerprint density at radius 1 is 1.04 bits per heavy atom. The number of ether oxygens (including phenoxy) is 3. The summed E-state index contributed by atoms with van der Waals surface area (Å²) in [5.41, 5.74) is 1.87. The zero-order chi connectivity index (χ0) is 16.2. The van der Waals surface area contributed by atoms with Gasteiger partial charge in [-0.1, -0.05) is 18.2 Å². The summed E-state index contributed by atoms with van der Waals surface area (Å²) in [6.07, 6.45) is 4.32. The van der Waals surface area contributed by atoms with Crippen molar-refractivity contribution in [2.75, 3.05) is 20.3 Å². The normalized spacial score (nSPS) is 13.1. The van der Waals surface area contributed by atoms with Crippen LogP contribution in [-0.4, -0.2) is 31.7 Å². The monoisotopic (exact) mass is 312 g/mol. The maximum atomic E-state index is 11.0. The second-order valence-electron chi connectivity index (χ2n) is 5.02. The maximum Gasteiger partial charge on any atom is 0.168 e. The standard InChI is InChI=1S/C18H16O5/c1-21-17-10-13(8-14(11-19)18(17)20)3-2-12-4-5-15-16(9-12)23-7-6-22-15/h2-5,8-11,20H,6-7H2,1H3. The fourth-order valence-electron chi connectivity index (χ4n) is 2.35. The Morgan fingerprint density at radius 2 is 1.78 bits per heavy atom. The molecule has 0 unspecified atom stereocenters. The number of hydrogen-bond acceptors (Lipinski definition) is 5. The minimum Gasteiger partial charge on any atom is -0.504 e. The number of methoxy groups -OCH3 is 1. The number of phenols is 1. The van der Waals surface area contributed by atoms with Gasteiger partial charge in [-0.3, -0.25) is 4.79 Å². The summed E-state index contributed by atoms with van der Waals surface area (Å²) in [6.45, 7) is 1.10. The van der Waals surface area contributed by atoms with Crippen molar-refractivity contribution in [3.8, 4) is 23.0 Å². The van der Waals surface area contributed by atoms with E-state index in [1.807, 2.05) is 30.4 Å². The minimum atomic E-state index is -0.154. The lowest BCUT2D eigenvalue weighted by molar-refractivity contribution is 0.112. The molecule has 0 saturated carbocycles. The molecule has 2 aromatic carbocycles. The molecule has 3 rings (SSSR count). The minimum absolute atomic E-state index is 0.154. The van der Waals surface area contributed by atoms with Gasteiger partial charge in [-0.15, -0.1) is 0 Å². The van der Waals surface area contributed by atoms with Crippen LogP contribution in [0.1, 0.15) is 21.5 Å². The molecule has 0 amide bonds. The van der Waals surface area contributed by atoms with Crippen molar-refractivity contribution in [3.63, 3.8) is 0 Å². The zero-order valence-corrected chi connectivity index (χ0v) is 12.6. The highest BCUT2D eigenvalue weighted by atomic mass is 16.6. The highest BCUT2D eigenvalue weighted by Gasteiger charge is 2.11. The van der Waals surface area contributed by atoms with E-state index in [-0.39, 0.29) is 17.1 Å². The van der Waals surface area contributed by atoms with Crippen LogP contribution in [-0.2, 0) is 0 Å².